The molecule has 2 aromatic rings. The molecule has 1 aliphatic heterocycles. The van der Waals surface area contributed by atoms with E-state index in [1.807, 2.05) is 37.3 Å². The van der Waals surface area contributed by atoms with Gasteiger partial charge in [0.25, 0.3) is 0 Å². The highest BCUT2D eigenvalue weighted by molar-refractivity contribution is 7.91. The zero-order chi connectivity index (χ0) is 27.9. The Kier molecular flexibility index (Phi) is 8.20. The molecule has 10 heteroatoms. The second kappa shape index (κ2) is 10.8. The van der Waals surface area contributed by atoms with E-state index >= 15 is 0 Å². The minimum absolute atomic E-state index is 0.0686. The normalized spacial score (nSPS) is 25.7. The number of hydrogen-bond acceptors (Lipinski definition) is 4. The van der Waals surface area contributed by atoms with Crippen molar-refractivity contribution in [2.75, 3.05) is 6.54 Å². The molecule has 2 amide bonds. The number of carbonyl (C=O) groups is 2. The fraction of sp³-hybridized carbons (Fsp3) is 0.500. The molecule has 1 saturated heterocycles. The summed E-state index contributed by atoms with van der Waals surface area (Å²) in [5.41, 5.74) is 6.34. The summed E-state index contributed by atoms with van der Waals surface area (Å²) >= 11 is 12.6. The number of rotatable bonds is 10. The van der Waals surface area contributed by atoms with Crippen molar-refractivity contribution in [1.29, 1.82) is 0 Å². The lowest BCUT2D eigenvalue weighted by molar-refractivity contribution is -0.157. The summed E-state index contributed by atoms with van der Waals surface area (Å²) in [6.07, 6.45) is 1.99. The number of piperidine rings is 1. The van der Waals surface area contributed by atoms with Crippen LogP contribution in [0.1, 0.15) is 76.0 Å². The Bertz CT molecular complexity index is 1310. The van der Waals surface area contributed by atoms with Crippen LogP contribution in [-0.2, 0) is 19.6 Å². The van der Waals surface area contributed by atoms with Gasteiger partial charge < -0.3 is 10.6 Å². The molecule has 206 valence electrons. The third kappa shape index (κ3) is 5.74. The summed E-state index contributed by atoms with van der Waals surface area (Å²) in [4.78, 5) is 28.2. The van der Waals surface area contributed by atoms with Crippen molar-refractivity contribution in [3.05, 3.63) is 69.7 Å². The molecule has 4 unspecified atom stereocenters. The van der Waals surface area contributed by atoms with E-state index in [1.165, 1.54) is 0 Å². The molecule has 4 rings (SSSR count). The van der Waals surface area contributed by atoms with E-state index in [9.17, 15) is 18.0 Å². The zero-order valence-corrected chi connectivity index (χ0v) is 24.2. The molecule has 0 bridgehead atoms. The first kappa shape index (κ1) is 28.9. The summed E-state index contributed by atoms with van der Waals surface area (Å²) in [6.45, 7) is 5.50. The lowest BCUT2D eigenvalue weighted by atomic mass is 9.67. The second-order valence-corrected chi connectivity index (χ2v) is 14.3. The lowest BCUT2D eigenvalue weighted by Crippen LogP contribution is -2.58. The number of nitrogens with one attached hydrogen (secondary N) is 1. The van der Waals surface area contributed by atoms with Gasteiger partial charge in [-0.1, -0.05) is 61.3 Å². The molecule has 0 radical (unpaired) electrons. The van der Waals surface area contributed by atoms with Crippen LogP contribution in [0, 0.1) is 5.41 Å². The van der Waals surface area contributed by atoms with Crippen LogP contribution in [-0.4, -0.2) is 42.5 Å². The summed E-state index contributed by atoms with van der Waals surface area (Å²) in [7, 11) is -3.55. The average Bonchev–Trinajstić information content (AvgIpc) is 3.61. The number of nitrogens with two attached hydrogens (primary N) is 1. The SMILES string of the molecule is CCC(CNS(=O)(=O)C1(C)CC1)N1C(=O)C(C)(CC(N)=O)CC(c2cccc(Cl)c2)C1c1ccc(Cl)cc1. The molecule has 0 aromatic heterocycles. The summed E-state index contributed by atoms with van der Waals surface area (Å²) in [5, 5.41) is 1.13. The summed E-state index contributed by atoms with van der Waals surface area (Å²) < 4.78 is 28.0. The largest absolute Gasteiger partial charge is 0.370 e. The number of halogens is 2. The van der Waals surface area contributed by atoms with Crippen LogP contribution < -0.4 is 10.5 Å². The van der Waals surface area contributed by atoms with E-state index < -0.39 is 38.2 Å². The number of carbonyl (C=O) groups excluding carboxylic acids is 2. The predicted molar refractivity (Wildman–Crippen MR) is 150 cm³/mol. The quantitative estimate of drug-likeness (QED) is 0.404. The smallest absolute Gasteiger partial charge is 0.229 e. The highest BCUT2D eigenvalue weighted by Gasteiger charge is 2.53. The van der Waals surface area contributed by atoms with Crippen molar-refractivity contribution < 1.29 is 18.0 Å². The van der Waals surface area contributed by atoms with Gasteiger partial charge in [0.05, 0.1) is 16.2 Å². The number of benzene rings is 2. The fourth-order valence-corrected chi connectivity index (χ4v) is 7.32. The van der Waals surface area contributed by atoms with Crippen LogP contribution in [0.5, 0.6) is 0 Å². The van der Waals surface area contributed by atoms with Gasteiger partial charge in [-0.3, -0.25) is 9.59 Å². The van der Waals surface area contributed by atoms with Crippen LogP contribution in [0.3, 0.4) is 0 Å². The average molecular weight is 581 g/mol. The van der Waals surface area contributed by atoms with Crippen molar-refractivity contribution in [3.63, 3.8) is 0 Å². The molecule has 2 aromatic carbocycles. The minimum atomic E-state index is -3.55. The first-order chi connectivity index (χ1) is 17.8. The van der Waals surface area contributed by atoms with Gasteiger partial charge in [0, 0.05) is 35.0 Å². The number of likely N-dealkylation sites (tertiary alicyclic amines) is 1. The molecule has 7 nitrogen and oxygen atoms in total. The Morgan fingerprint density at radius 3 is 2.32 bits per heavy atom. The Morgan fingerprint density at radius 2 is 1.76 bits per heavy atom. The minimum Gasteiger partial charge on any atom is -0.370 e. The van der Waals surface area contributed by atoms with Gasteiger partial charge in [0.15, 0.2) is 0 Å². The molecule has 38 heavy (non-hydrogen) atoms. The highest BCUT2D eigenvalue weighted by Crippen LogP contribution is 2.52. The zero-order valence-electron chi connectivity index (χ0n) is 21.9. The van der Waals surface area contributed by atoms with Crippen molar-refractivity contribution in [1.82, 2.24) is 9.62 Å². The van der Waals surface area contributed by atoms with E-state index in [-0.39, 0.29) is 24.8 Å². The Labute approximate surface area is 235 Å². The molecular formula is C28H35Cl2N3O4S. The van der Waals surface area contributed by atoms with Crippen molar-refractivity contribution in [3.8, 4) is 0 Å². The van der Waals surface area contributed by atoms with E-state index in [1.54, 1.807) is 36.9 Å². The standard InChI is InChI=1S/C28H35Cl2N3O4S/c1-4-22(17-32-38(36,37)28(3)12-13-28)33-25(18-8-10-20(29)11-9-18)23(19-6-5-7-21(30)14-19)15-27(2,26(33)35)16-24(31)34/h5-11,14,22-23,25,32H,4,12-13,15-17H2,1-3H3,(H2,31,34). The summed E-state index contributed by atoms with van der Waals surface area (Å²) in [6, 6.07) is 13.9. The second-order valence-electron chi connectivity index (χ2n) is 11.1. The number of primary amides is 1. The fourth-order valence-electron chi connectivity index (χ4n) is 5.60. The molecule has 4 atom stereocenters. The van der Waals surface area contributed by atoms with Crippen LogP contribution >= 0.6 is 23.2 Å². The van der Waals surface area contributed by atoms with Gasteiger partial charge in [-0.2, -0.15) is 0 Å². The van der Waals surface area contributed by atoms with Crippen molar-refractivity contribution >= 4 is 45.0 Å². The van der Waals surface area contributed by atoms with Crippen molar-refractivity contribution in [2.45, 2.75) is 75.6 Å². The number of amides is 2. The van der Waals surface area contributed by atoms with Crippen LogP contribution in [0.2, 0.25) is 10.0 Å². The van der Waals surface area contributed by atoms with Crippen LogP contribution in [0.25, 0.3) is 0 Å². The van der Waals surface area contributed by atoms with Crippen molar-refractivity contribution in [2.24, 2.45) is 11.1 Å². The van der Waals surface area contributed by atoms with Crippen LogP contribution in [0.4, 0.5) is 0 Å². The van der Waals surface area contributed by atoms with E-state index in [0.29, 0.717) is 35.7 Å². The maximum Gasteiger partial charge on any atom is 0.229 e. The maximum atomic E-state index is 14.3. The predicted octanol–water partition coefficient (Wildman–Crippen LogP) is 5.18. The third-order valence-corrected chi connectivity index (χ3v) is 10.9. The van der Waals surface area contributed by atoms with Gasteiger partial charge in [0.2, 0.25) is 21.8 Å². The molecular weight excluding hydrogens is 545 g/mol. The number of sulfonamides is 1. The Balaban J connectivity index is 1.83. The first-order valence-electron chi connectivity index (χ1n) is 12.9. The first-order valence-corrected chi connectivity index (χ1v) is 15.2. The summed E-state index contributed by atoms with van der Waals surface area (Å²) in [5.74, 6) is -1.02. The van der Waals surface area contributed by atoms with Gasteiger partial charge in [0.1, 0.15) is 0 Å². The molecule has 0 spiro atoms. The van der Waals surface area contributed by atoms with Gasteiger partial charge >= 0.3 is 0 Å². The molecule has 1 saturated carbocycles. The number of nitrogens with zero attached hydrogens (tertiary/aromatic N) is 1. The topological polar surface area (TPSA) is 110 Å². The molecule has 2 aliphatic rings. The van der Waals surface area contributed by atoms with E-state index in [2.05, 4.69) is 4.72 Å². The van der Waals surface area contributed by atoms with Gasteiger partial charge in [-0.05, 0) is 68.0 Å². The molecule has 1 heterocycles. The van der Waals surface area contributed by atoms with E-state index in [4.69, 9.17) is 28.9 Å². The molecule has 2 fully saturated rings. The maximum absolute atomic E-state index is 14.3. The third-order valence-electron chi connectivity index (χ3n) is 8.13. The molecule has 3 N–H and O–H groups in total. The van der Waals surface area contributed by atoms with Gasteiger partial charge in [-0.15, -0.1) is 0 Å². The Morgan fingerprint density at radius 1 is 1.11 bits per heavy atom. The highest BCUT2D eigenvalue weighted by atomic mass is 35.5. The Hall–Kier alpha value is -2.13. The van der Waals surface area contributed by atoms with E-state index in [0.717, 1.165) is 11.1 Å². The monoisotopic (exact) mass is 579 g/mol. The van der Waals surface area contributed by atoms with Crippen LogP contribution in [0.15, 0.2) is 48.5 Å². The lowest BCUT2D eigenvalue weighted by Gasteiger charge is -2.52. The number of hydrogen-bond donors (Lipinski definition) is 2. The van der Waals surface area contributed by atoms with Gasteiger partial charge in [-0.25, -0.2) is 13.1 Å². The molecule has 1 aliphatic carbocycles.